The Morgan fingerprint density at radius 3 is 1.78 bits per heavy atom. The summed E-state index contributed by atoms with van der Waals surface area (Å²) in [4.78, 5) is 13.7. The van der Waals surface area contributed by atoms with Gasteiger partial charge in [-0.25, -0.2) is 8.42 Å². The van der Waals surface area contributed by atoms with E-state index in [9.17, 15) is 13.2 Å². The quantitative estimate of drug-likeness (QED) is 0.716. The molecule has 0 aliphatic rings. The summed E-state index contributed by atoms with van der Waals surface area (Å²) in [5.41, 5.74) is 0. The molecule has 0 saturated carbocycles. The maximum Gasteiger partial charge on any atom is 0.238 e. The minimum atomic E-state index is -3.28. The van der Waals surface area contributed by atoms with Crippen LogP contribution in [0, 0.1) is 5.92 Å². The zero-order valence-electron chi connectivity index (χ0n) is 12.4. The van der Waals surface area contributed by atoms with E-state index in [0.717, 1.165) is 0 Å². The fraction of sp³-hybridized carbons (Fsp3) is 0.923. The van der Waals surface area contributed by atoms with E-state index in [-0.39, 0.29) is 29.5 Å². The Kier molecular flexibility index (Phi) is 6.89. The predicted molar refractivity (Wildman–Crippen MR) is 75.2 cm³/mol. The van der Waals surface area contributed by atoms with Crippen molar-refractivity contribution in [1.82, 2.24) is 4.90 Å². The first-order chi connectivity index (χ1) is 8.07. The molecule has 0 aromatic carbocycles. The van der Waals surface area contributed by atoms with Crippen molar-refractivity contribution in [3.63, 3.8) is 0 Å². The summed E-state index contributed by atoms with van der Waals surface area (Å²) in [5.74, 6) is -0.221. The highest BCUT2D eigenvalue weighted by Crippen LogP contribution is 2.09. The van der Waals surface area contributed by atoms with Crippen LogP contribution in [0.1, 0.15) is 48.0 Å². The van der Waals surface area contributed by atoms with Crippen molar-refractivity contribution >= 4 is 15.7 Å². The Hall–Kier alpha value is -0.580. The van der Waals surface area contributed by atoms with E-state index in [2.05, 4.69) is 0 Å². The molecule has 0 N–H and O–H groups in total. The van der Waals surface area contributed by atoms with Crippen LogP contribution in [0.4, 0.5) is 0 Å². The van der Waals surface area contributed by atoms with E-state index < -0.39 is 9.84 Å². The topological polar surface area (TPSA) is 54.5 Å². The number of sulfone groups is 1. The van der Waals surface area contributed by atoms with Crippen LogP contribution < -0.4 is 0 Å². The molecule has 18 heavy (non-hydrogen) atoms. The molecule has 1 amide bonds. The van der Waals surface area contributed by atoms with Gasteiger partial charge in [0.15, 0.2) is 9.84 Å². The van der Waals surface area contributed by atoms with Gasteiger partial charge in [0.1, 0.15) is 5.75 Å². The van der Waals surface area contributed by atoms with E-state index in [1.54, 1.807) is 4.90 Å². The normalized spacial score (nSPS) is 12.5. The molecule has 0 aromatic rings. The third kappa shape index (κ3) is 6.38. The largest absolute Gasteiger partial charge is 0.337 e. The van der Waals surface area contributed by atoms with Crippen molar-refractivity contribution in [2.24, 2.45) is 5.92 Å². The van der Waals surface area contributed by atoms with Gasteiger partial charge in [0.2, 0.25) is 5.91 Å². The van der Waals surface area contributed by atoms with E-state index in [1.807, 2.05) is 41.5 Å². The van der Waals surface area contributed by atoms with Gasteiger partial charge >= 0.3 is 0 Å². The molecule has 0 atom stereocenters. The number of nitrogens with zero attached hydrogens (tertiary/aromatic N) is 1. The van der Waals surface area contributed by atoms with Crippen LogP contribution in [0.5, 0.6) is 0 Å². The van der Waals surface area contributed by atoms with Crippen LogP contribution in [0.2, 0.25) is 0 Å². The van der Waals surface area contributed by atoms with Crippen molar-refractivity contribution in [2.75, 3.05) is 11.5 Å². The van der Waals surface area contributed by atoms with E-state index in [4.69, 9.17) is 0 Å². The number of hydrogen-bond donors (Lipinski definition) is 0. The second kappa shape index (κ2) is 7.12. The van der Waals surface area contributed by atoms with E-state index >= 15 is 0 Å². The molecule has 0 saturated heterocycles. The summed E-state index contributed by atoms with van der Waals surface area (Å²) in [6.45, 7) is 11.6. The minimum Gasteiger partial charge on any atom is -0.337 e. The lowest BCUT2D eigenvalue weighted by Gasteiger charge is -2.30. The number of rotatable bonds is 7. The third-order valence-corrected chi connectivity index (χ3v) is 4.29. The van der Waals surface area contributed by atoms with Gasteiger partial charge in [-0.1, -0.05) is 13.8 Å². The maximum absolute atomic E-state index is 12.0. The number of hydrogen-bond acceptors (Lipinski definition) is 3. The van der Waals surface area contributed by atoms with Gasteiger partial charge in [-0.2, -0.15) is 0 Å². The van der Waals surface area contributed by atoms with Crippen LogP contribution >= 0.6 is 0 Å². The fourth-order valence-electron chi connectivity index (χ4n) is 1.92. The van der Waals surface area contributed by atoms with Crippen LogP contribution in [0.3, 0.4) is 0 Å². The van der Waals surface area contributed by atoms with Gasteiger partial charge in [0, 0.05) is 12.1 Å². The Labute approximate surface area is 112 Å². The second-order valence-electron chi connectivity index (χ2n) is 5.76. The highest BCUT2D eigenvalue weighted by atomic mass is 32.2. The molecule has 0 heterocycles. The average molecular weight is 277 g/mol. The highest BCUT2D eigenvalue weighted by Gasteiger charge is 2.25. The summed E-state index contributed by atoms with van der Waals surface area (Å²) in [6.07, 6.45) is 0.610. The molecule has 0 aromatic heterocycles. The lowest BCUT2D eigenvalue weighted by Crippen LogP contribution is -2.45. The molecule has 0 radical (unpaired) electrons. The number of carbonyl (C=O) groups excluding carboxylic acids is 1. The molecule has 0 aliphatic carbocycles. The highest BCUT2D eigenvalue weighted by molar-refractivity contribution is 7.92. The predicted octanol–water partition coefficient (Wildman–Crippen LogP) is 2.09. The summed E-state index contributed by atoms with van der Waals surface area (Å²) in [6, 6.07) is 0.0515. The first-order valence-electron chi connectivity index (χ1n) is 6.58. The lowest BCUT2D eigenvalue weighted by molar-refractivity contribution is -0.131. The zero-order chi connectivity index (χ0) is 14.5. The average Bonchev–Trinajstić information content (AvgIpc) is 2.12. The van der Waals surface area contributed by atoms with Crippen molar-refractivity contribution in [3.05, 3.63) is 0 Å². The summed E-state index contributed by atoms with van der Waals surface area (Å²) in [7, 11) is -3.28. The van der Waals surface area contributed by atoms with Crippen LogP contribution in [0.25, 0.3) is 0 Å². The molecule has 0 rings (SSSR count). The third-order valence-electron chi connectivity index (χ3n) is 2.75. The molecule has 108 valence electrons. The smallest absolute Gasteiger partial charge is 0.238 e. The van der Waals surface area contributed by atoms with Crippen molar-refractivity contribution in [2.45, 2.75) is 60.0 Å². The van der Waals surface area contributed by atoms with E-state index in [1.165, 1.54) is 0 Å². The Balaban J connectivity index is 4.63. The van der Waals surface area contributed by atoms with Crippen LogP contribution in [-0.2, 0) is 14.6 Å². The van der Waals surface area contributed by atoms with Gasteiger partial charge in [0.25, 0.3) is 0 Å². The summed E-state index contributed by atoms with van der Waals surface area (Å²) in [5, 5.41) is 0. The lowest BCUT2D eigenvalue weighted by atomic mass is 10.2. The van der Waals surface area contributed by atoms with Crippen molar-refractivity contribution < 1.29 is 13.2 Å². The first kappa shape index (κ1) is 17.4. The van der Waals surface area contributed by atoms with Gasteiger partial charge in [-0.15, -0.1) is 0 Å². The first-order valence-corrected chi connectivity index (χ1v) is 8.40. The Morgan fingerprint density at radius 2 is 1.44 bits per heavy atom. The molecule has 0 spiro atoms. The van der Waals surface area contributed by atoms with E-state index in [0.29, 0.717) is 12.3 Å². The van der Waals surface area contributed by atoms with Gasteiger partial charge in [-0.3, -0.25) is 4.79 Å². The molecule has 5 heteroatoms. The van der Waals surface area contributed by atoms with Crippen LogP contribution in [0.15, 0.2) is 0 Å². The van der Waals surface area contributed by atoms with Crippen LogP contribution in [-0.4, -0.2) is 42.8 Å². The number of amides is 1. The summed E-state index contributed by atoms with van der Waals surface area (Å²) < 4.78 is 23.7. The Bertz CT molecular complexity index is 350. The minimum absolute atomic E-state index is 0.0257. The standard InChI is InChI=1S/C13H27NO3S/c1-10(2)7-8-18(16,17)9-13(15)14(11(3)4)12(5)6/h10-12H,7-9H2,1-6H3. The van der Waals surface area contributed by atoms with Crippen molar-refractivity contribution in [3.8, 4) is 0 Å². The molecular formula is C13H27NO3S. The molecular weight excluding hydrogens is 250 g/mol. The number of carbonyl (C=O) groups is 1. The monoisotopic (exact) mass is 277 g/mol. The summed E-state index contributed by atoms with van der Waals surface area (Å²) >= 11 is 0. The van der Waals surface area contributed by atoms with Gasteiger partial charge in [-0.05, 0) is 40.0 Å². The Morgan fingerprint density at radius 1 is 1.00 bits per heavy atom. The molecule has 0 aliphatic heterocycles. The molecule has 4 nitrogen and oxygen atoms in total. The second-order valence-corrected chi connectivity index (χ2v) is 7.95. The van der Waals surface area contributed by atoms with Crippen molar-refractivity contribution in [1.29, 1.82) is 0 Å². The molecule has 0 bridgehead atoms. The van der Waals surface area contributed by atoms with Gasteiger partial charge in [0.05, 0.1) is 5.75 Å². The molecule has 0 unspecified atom stereocenters. The molecule has 0 fully saturated rings. The zero-order valence-corrected chi connectivity index (χ0v) is 13.3. The maximum atomic E-state index is 12.0. The fourth-order valence-corrected chi connectivity index (χ4v) is 3.42. The van der Waals surface area contributed by atoms with Gasteiger partial charge < -0.3 is 4.90 Å². The SMILES string of the molecule is CC(C)CCS(=O)(=O)CC(=O)N(C(C)C)C(C)C.